The van der Waals surface area contributed by atoms with E-state index in [-0.39, 0.29) is 0 Å². The Balaban J connectivity index is 1.91. The first kappa shape index (κ1) is 13.6. The highest BCUT2D eigenvalue weighted by atomic mass is 14.2. The van der Waals surface area contributed by atoms with E-state index in [0.29, 0.717) is 5.92 Å². The van der Waals surface area contributed by atoms with Crippen LogP contribution in [-0.2, 0) is 0 Å². The van der Waals surface area contributed by atoms with Crippen molar-refractivity contribution < 1.29 is 0 Å². The second-order valence-electron chi connectivity index (χ2n) is 6.39. The summed E-state index contributed by atoms with van der Waals surface area (Å²) in [6.07, 6.45) is 6.78. The van der Waals surface area contributed by atoms with Crippen LogP contribution < -0.4 is 0 Å². The number of benzene rings is 3. The minimum absolute atomic E-state index is 0.699. The van der Waals surface area contributed by atoms with E-state index in [1.807, 2.05) is 0 Å². The van der Waals surface area contributed by atoms with E-state index in [4.69, 9.17) is 0 Å². The molecule has 0 heterocycles. The molecule has 22 heavy (non-hydrogen) atoms. The summed E-state index contributed by atoms with van der Waals surface area (Å²) >= 11 is 0. The monoisotopic (exact) mass is 285 g/mol. The van der Waals surface area contributed by atoms with Crippen molar-refractivity contribution in [2.45, 2.75) is 38.0 Å². The molecule has 0 aliphatic heterocycles. The van der Waals surface area contributed by atoms with Gasteiger partial charge in [-0.25, -0.2) is 0 Å². The molecule has 109 valence electrons. The van der Waals surface area contributed by atoms with Gasteiger partial charge in [-0.1, -0.05) is 79.9 Å². The van der Waals surface area contributed by atoms with Crippen molar-refractivity contribution >= 4 is 10.8 Å². The van der Waals surface area contributed by atoms with E-state index in [9.17, 15) is 0 Å². The molecule has 0 saturated heterocycles. The molecule has 4 rings (SSSR count). The number of rotatable bonds is 2. The van der Waals surface area contributed by atoms with Gasteiger partial charge in [-0.3, -0.25) is 0 Å². The Morgan fingerprint density at radius 1 is 0.773 bits per heavy atom. The molecule has 1 fully saturated rings. The Labute approximate surface area is 132 Å². The van der Waals surface area contributed by atoms with Crippen LogP contribution in [0.15, 0.2) is 60.7 Å². The van der Waals surface area contributed by atoms with Gasteiger partial charge < -0.3 is 0 Å². The summed E-state index contributed by atoms with van der Waals surface area (Å²) in [4.78, 5) is 0. The summed E-state index contributed by atoms with van der Waals surface area (Å²) in [6, 6.07) is 25.5. The third-order valence-corrected chi connectivity index (χ3v) is 4.93. The van der Waals surface area contributed by atoms with Crippen molar-refractivity contribution in [3.8, 4) is 11.1 Å². The summed E-state index contributed by atoms with van der Waals surface area (Å²) in [5.41, 5.74) is 4.12. The van der Waals surface area contributed by atoms with Crippen molar-refractivity contribution in [1.82, 2.24) is 0 Å². The number of hydrogen-bond donors (Lipinski definition) is 0. The first-order valence-corrected chi connectivity index (χ1v) is 8.42. The van der Waals surface area contributed by atoms with Crippen LogP contribution in [0.5, 0.6) is 0 Å². The Morgan fingerprint density at radius 3 is 2.32 bits per heavy atom. The Bertz CT molecular complexity index is 764. The van der Waals surface area contributed by atoms with Crippen LogP contribution in [0.25, 0.3) is 21.9 Å². The Morgan fingerprint density at radius 2 is 1.50 bits per heavy atom. The normalized spacial score (nSPS) is 16.0. The minimum atomic E-state index is 0.699. The fourth-order valence-corrected chi connectivity index (χ4v) is 3.76. The second-order valence-corrected chi connectivity index (χ2v) is 6.39. The average Bonchev–Trinajstić information content (AvgIpc) is 2.62. The highest BCUT2D eigenvalue weighted by Crippen LogP contribution is 2.39. The average molecular weight is 285 g/mol. The zero-order chi connectivity index (χ0) is 14.8. The van der Waals surface area contributed by atoms with Crippen LogP contribution in [0.4, 0.5) is 0 Å². The molecule has 3 aromatic carbocycles. The molecular weight excluding hydrogens is 264 g/mol. The third kappa shape index (κ3) is 2.54. The molecule has 0 spiro atoms. The highest BCUT2D eigenvalue weighted by Gasteiger charge is 2.19. The summed E-state index contributed by atoms with van der Waals surface area (Å²) in [7, 11) is 0. The first-order valence-electron chi connectivity index (χ1n) is 8.42. The zero-order valence-electron chi connectivity index (χ0n) is 12.9. The molecule has 1 aliphatic carbocycles. The van der Waals surface area contributed by atoms with E-state index in [1.54, 1.807) is 0 Å². The van der Waals surface area contributed by atoms with Gasteiger partial charge in [0.2, 0.25) is 0 Å². The van der Waals surface area contributed by atoms with Crippen LogP contribution in [0.3, 0.4) is 0 Å². The fourth-order valence-electron chi connectivity index (χ4n) is 3.76. The van der Waals surface area contributed by atoms with Gasteiger partial charge in [0, 0.05) is 0 Å². The van der Waals surface area contributed by atoms with E-state index in [0.717, 1.165) is 0 Å². The lowest BCUT2D eigenvalue weighted by Gasteiger charge is -2.25. The second kappa shape index (κ2) is 5.96. The van der Waals surface area contributed by atoms with E-state index in [2.05, 4.69) is 66.7 Å². The van der Waals surface area contributed by atoms with Crippen LogP contribution in [-0.4, -0.2) is 0 Å². The standard InChI is InChI=1S/C22H21/c1-3-9-17(10-4-1)21-15-19-13-7-8-14-20(19)16-22(21)18-11-5-2-6-12-18/h1,3-4,7-10,13-14,16,18H,2,5-6,11-12H2. The molecule has 0 amide bonds. The minimum Gasteiger partial charge on any atom is -0.0622 e. The lowest BCUT2D eigenvalue weighted by atomic mass is 9.80. The van der Waals surface area contributed by atoms with Crippen molar-refractivity contribution in [3.05, 3.63) is 72.3 Å². The van der Waals surface area contributed by atoms with Crippen LogP contribution >= 0.6 is 0 Å². The molecule has 0 heteroatoms. The topological polar surface area (TPSA) is 0 Å². The Kier molecular flexibility index (Phi) is 3.68. The van der Waals surface area contributed by atoms with Crippen LogP contribution in [0.1, 0.15) is 43.6 Å². The smallest absolute Gasteiger partial charge is 0.00113 e. The molecule has 1 saturated carbocycles. The fraction of sp³-hybridized carbons (Fsp3) is 0.273. The Hall–Kier alpha value is -2.08. The largest absolute Gasteiger partial charge is 0.0622 e. The zero-order valence-corrected chi connectivity index (χ0v) is 12.9. The lowest BCUT2D eigenvalue weighted by molar-refractivity contribution is 0.444. The van der Waals surface area contributed by atoms with Crippen molar-refractivity contribution in [2.24, 2.45) is 0 Å². The van der Waals surface area contributed by atoms with Crippen molar-refractivity contribution in [3.63, 3.8) is 0 Å². The quantitative estimate of drug-likeness (QED) is 0.514. The molecule has 1 aliphatic rings. The molecule has 0 atom stereocenters. The van der Waals surface area contributed by atoms with Crippen LogP contribution in [0.2, 0.25) is 0 Å². The van der Waals surface area contributed by atoms with Crippen molar-refractivity contribution in [1.29, 1.82) is 0 Å². The van der Waals surface area contributed by atoms with Gasteiger partial charge in [0.25, 0.3) is 0 Å². The maximum Gasteiger partial charge on any atom is -0.00113 e. The molecule has 0 N–H and O–H groups in total. The van der Waals surface area contributed by atoms with Crippen molar-refractivity contribution in [2.75, 3.05) is 0 Å². The molecule has 0 nitrogen and oxygen atoms in total. The van der Waals surface area contributed by atoms with Gasteiger partial charge in [0.1, 0.15) is 0 Å². The molecule has 0 aromatic heterocycles. The first-order chi connectivity index (χ1) is 10.9. The third-order valence-electron chi connectivity index (χ3n) is 4.93. The van der Waals surface area contributed by atoms with Gasteiger partial charge in [0.05, 0.1) is 0 Å². The van der Waals surface area contributed by atoms with E-state index >= 15 is 0 Å². The number of hydrogen-bond acceptors (Lipinski definition) is 0. The SMILES string of the molecule is [c]1c(-c2ccccc2)c(C2CCCCC2)cc2ccccc12. The summed E-state index contributed by atoms with van der Waals surface area (Å²) in [5, 5.41) is 2.55. The molecule has 0 unspecified atom stereocenters. The molecule has 0 bridgehead atoms. The molecule has 1 radical (unpaired) electrons. The highest BCUT2D eigenvalue weighted by molar-refractivity contribution is 5.88. The molecular formula is C22H21. The van der Waals surface area contributed by atoms with E-state index in [1.165, 1.54) is 59.6 Å². The summed E-state index contributed by atoms with van der Waals surface area (Å²) in [6.45, 7) is 0. The van der Waals surface area contributed by atoms with Gasteiger partial charge >= 0.3 is 0 Å². The maximum atomic E-state index is 3.71. The van der Waals surface area contributed by atoms with E-state index < -0.39 is 0 Å². The summed E-state index contributed by atoms with van der Waals surface area (Å²) in [5.74, 6) is 0.699. The van der Waals surface area contributed by atoms with Gasteiger partial charge in [-0.2, -0.15) is 0 Å². The predicted molar refractivity (Wildman–Crippen MR) is 94.0 cm³/mol. The lowest BCUT2D eigenvalue weighted by Crippen LogP contribution is -2.06. The number of fused-ring (bicyclic) bond motifs is 1. The van der Waals surface area contributed by atoms with Gasteiger partial charge in [0.15, 0.2) is 0 Å². The van der Waals surface area contributed by atoms with Gasteiger partial charge in [-0.05, 0) is 52.3 Å². The van der Waals surface area contributed by atoms with Gasteiger partial charge in [-0.15, -0.1) is 0 Å². The summed E-state index contributed by atoms with van der Waals surface area (Å²) < 4.78 is 0. The predicted octanol–water partition coefficient (Wildman–Crippen LogP) is 6.35. The maximum absolute atomic E-state index is 3.71. The molecule has 3 aromatic rings. The van der Waals surface area contributed by atoms with Crippen LogP contribution in [0, 0.1) is 6.07 Å².